The number of hydrogen-bond donors (Lipinski definition) is 1. The van der Waals surface area contributed by atoms with Gasteiger partial charge in [0.15, 0.2) is 0 Å². The van der Waals surface area contributed by atoms with Gasteiger partial charge in [-0.25, -0.2) is 0 Å². The van der Waals surface area contributed by atoms with E-state index in [4.69, 9.17) is 21.1 Å². The number of ether oxygens (including phenoxy) is 2. The number of rotatable bonds is 8. The lowest BCUT2D eigenvalue weighted by atomic mass is 10.1. The van der Waals surface area contributed by atoms with Gasteiger partial charge in [0.1, 0.15) is 11.5 Å². The van der Waals surface area contributed by atoms with Crippen LogP contribution in [0.25, 0.3) is 0 Å². The number of benzene rings is 2. The molecule has 0 saturated carbocycles. The summed E-state index contributed by atoms with van der Waals surface area (Å²) in [6.07, 6.45) is 0. The molecule has 162 valence electrons. The normalized spacial score (nSPS) is 16.1. The standard InChI is InChI=1S/C23H30ClN3O3/c1-17(20-6-4-5-7-21(20)24)25-23(28)16-27-12-10-26(11-13-27)15-18-14-19(29-2)8-9-22(18)30-3/h4-9,14,17H,10-13,15-16H2,1-3H3,(H,25,28). The maximum Gasteiger partial charge on any atom is 0.234 e. The largest absolute Gasteiger partial charge is 0.497 e. The molecule has 1 heterocycles. The topological polar surface area (TPSA) is 54.0 Å². The molecule has 1 saturated heterocycles. The minimum absolute atomic E-state index is 0.0188. The molecular weight excluding hydrogens is 402 g/mol. The molecule has 0 aromatic heterocycles. The molecule has 6 nitrogen and oxygen atoms in total. The highest BCUT2D eigenvalue weighted by Gasteiger charge is 2.21. The molecule has 30 heavy (non-hydrogen) atoms. The maximum atomic E-state index is 12.5. The monoisotopic (exact) mass is 431 g/mol. The molecule has 1 aliphatic heterocycles. The first-order chi connectivity index (χ1) is 14.5. The Morgan fingerprint density at radius 1 is 1.07 bits per heavy atom. The van der Waals surface area contributed by atoms with Crippen LogP contribution in [0.4, 0.5) is 0 Å². The summed E-state index contributed by atoms with van der Waals surface area (Å²) < 4.78 is 10.8. The predicted molar refractivity (Wildman–Crippen MR) is 119 cm³/mol. The minimum atomic E-state index is -0.118. The van der Waals surface area contributed by atoms with Gasteiger partial charge in [0.25, 0.3) is 0 Å². The zero-order valence-corrected chi connectivity index (χ0v) is 18.6. The molecule has 2 aromatic rings. The number of carbonyl (C=O) groups excluding carboxylic acids is 1. The molecule has 2 aromatic carbocycles. The maximum absolute atomic E-state index is 12.5. The highest BCUT2D eigenvalue weighted by atomic mass is 35.5. The predicted octanol–water partition coefficient (Wildman–Crippen LogP) is 3.35. The molecule has 1 unspecified atom stereocenters. The molecule has 1 aliphatic rings. The molecule has 1 amide bonds. The van der Waals surface area contributed by atoms with Crippen molar-refractivity contribution >= 4 is 17.5 Å². The zero-order chi connectivity index (χ0) is 21.5. The molecule has 0 radical (unpaired) electrons. The number of nitrogens with one attached hydrogen (secondary N) is 1. The van der Waals surface area contributed by atoms with E-state index in [-0.39, 0.29) is 11.9 Å². The molecule has 7 heteroatoms. The van der Waals surface area contributed by atoms with E-state index in [1.807, 2.05) is 49.4 Å². The van der Waals surface area contributed by atoms with Crippen molar-refractivity contribution in [1.82, 2.24) is 15.1 Å². The molecule has 0 spiro atoms. The number of carbonyl (C=O) groups is 1. The average molecular weight is 432 g/mol. The molecule has 0 bridgehead atoms. The van der Waals surface area contributed by atoms with Crippen LogP contribution in [0.1, 0.15) is 24.1 Å². The van der Waals surface area contributed by atoms with Crippen LogP contribution in [0, 0.1) is 0 Å². The highest BCUT2D eigenvalue weighted by molar-refractivity contribution is 6.31. The van der Waals surface area contributed by atoms with E-state index in [1.165, 1.54) is 0 Å². The second-order valence-corrected chi connectivity index (χ2v) is 7.95. The lowest BCUT2D eigenvalue weighted by Gasteiger charge is -2.34. The van der Waals surface area contributed by atoms with Crippen molar-refractivity contribution in [2.24, 2.45) is 0 Å². The Balaban J connectivity index is 1.48. The highest BCUT2D eigenvalue weighted by Crippen LogP contribution is 2.26. The summed E-state index contributed by atoms with van der Waals surface area (Å²) in [5.41, 5.74) is 2.04. The van der Waals surface area contributed by atoms with Gasteiger partial charge < -0.3 is 14.8 Å². The SMILES string of the molecule is COc1ccc(OC)c(CN2CCN(CC(=O)NC(C)c3ccccc3Cl)CC2)c1. The zero-order valence-electron chi connectivity index (χ0n) is 17.9. The summed E-state index contributed by atoms with van der Waals surface area (Å²) >= 11 is 6.23. The second kappa shape index (κ2) is 10.7. The van der Waals surface area contributed by atoms with Crippen molar-refractivity contribution < 1.29 is 14.3 Å². The summed E-state index contributed by atoms with van der Waals surface area (Å²) in [7, 11) is 3.35. The van der Waals surface area contributed by atoms with Crippen LogP contribution < -0.4 is 14.8 Å². The molecular formula is C23H30ClN3O3. The Morgan fingerprint density at radius 2 is 1.77 bits per heavy atom. The number of piperazine rings is 1. The molecule has 1 N–H and O–H groups in total. The number of hydrogen-bond acceptors (Lipinski definition) is 5. The van der Waals surface area contributed by atoms with Crippen LogP contribution in [-0.2, 0) is 11.3 Å². The van der Waals surface area contributed by atoms with Crippen LogP contribution in [0.15, 0.2) is 42.5 Å². The van der Waals surface area contributed by atoms with E-state index < -0.39 is 0 Å². The Labute approximate surface area is 183 Å². The van der Waals surface area contributed by atoms with Gasteiger partial charge in [-0.15, -0.1) is 0 Å². The smallest absolute Gasteiger partial charge is 0.234 e. The van der Waals surface area contributed by atoms with Crippen LogP contribution in [-0.4, -0.2) is 62.7 Å². The number of halogens is 1. The fourth-order valence-electron chi connectivity index (χ4n) is 3.75. The molecule has 3 rings (SSSR count). The van der Waals surface area contributed by atoms with E-state index in [1.54, 1.807) is 14.2 Å². The van der Waals surface area contributed by atoms with Gasteiger partial charge in [0.05, 0.1) is 26.8 Å². The van der Waals surface area contributed by atoms with Gasteiger partial charge in [-0.2, -0.15) is 0 Å². The van der Waals surface area contributed by atoms with E-state index in [9.17, 15) is 4.79 Å². The third-order valence-electron chi connectivity index (χ3n) is 5.46. The third-order valence-corrected chi connectivity index (χ3v) is 5.81. The van der Waals surface area contributed by atoms with Crippen LogP contribution in [0.5, 0.6) is 11.5 Å². The van der Waals surface area contributed by atoms with Gasteiger partial charge >= 0.3 is 0 Å². The quantitative estimate of drug-likeness (QED) is 0.694. The van der Waals surface area contributed by atoms with Crippen molar-refractivity contribution in [2.45, 2.75) is 19.5 Å². The summed E-state index contributed by atoms with van der Waals surface area (Å²) in [5.74, 6) is 1.71. The van der Waals surface area contributed by atoms with E-state index in [0.29, 0.717) is 11.6 Å². The van der Waals surface area contributed by atoms with Crippen LogP contribution >= 0.6 is 11.6 Å². The minimum Gasteiger partial charge on any atom is -0.497 e. The van der Waals surface area contributed by atoms with Gasteiger partial charge in [-0.1, -0.05) is 29.8 Å². The van der Waals surface area contributed by atoms with Crippen molar-refractivity contribution in [2.75, 3.05) is 46.9 Å². The van der Waals surface area contributed by atoms with Gasteiger partial charge in [0, 0.05) is 43.3 Å². The van der Waals surface area contributed by atoms with Crippen molar-refractivity contribution in [1.29, 1.82) is 0 Å². The Bertz CT molecular complexity index is 853. The number of amides is 1. The first kappa shape index (κ1) is 22.4. The Morgan fingerprint density at radius 3 is 2.43 bits per heavy atom. The van der Waals surface area contributed by atoms with E-state index >= 15 is 0 Å². The summed E-state index contributed by atoms with van der Waals surface area (Å²) in [6.45, 7) is 6.63. The summed E-state index contributed by atoms with van der Waals surface area (Å²) in [4.78, 5) is 17.1. The lowest BCUT2D eigenvalue weighted by molar-refractivity contribution is -0.123. The van der Waals surface area contributed by atoms with Gasteiger partial charge in [-0.05, 0) is 36.8 Å². The molecule has 1 fully saturated rings. The third kappa shape index (κ3) is 5.88. The van der Waals surface area contributed by atoms with Crippen LogP contribution in [0.3, 0.4) is 0 Å². The lowest BCUT2D eigenvalue weighted by Crippen LogP contribution is -2.49. The number of nitrogens with zero attached hydrogens (tertiary/aromatic N) is 2. The fourth-order valence-corrected chi connectivity index (χ4v) is 4.05. The second-order valence-electron chi connectivity index (χ2n) is 7.54. The van der Waals surface area contributed by atoms with Gasteiger partial charge in [0.2, 0.25) is 5.91 Å². The van der Waals surface area contributed by atoms with Crippen molar-refractivity contribution in [3.05, 3.63) is 58.6 Å². The molecule has 1 atom stereocenters. The van der Waals surface area contributed by atoms with Crippen LogP contribution in [0.2, 0.25) is 5.02 Å². The van der Waals surface area contributed by atoms with Crippen molar-refractivity contribution in [3.8, 4) is 11.5 Å². The first-order valence-electron chi connectivity index (χ1n) is 10.2. The van der Waals surface area contributed by atoms with E-state index in [0.717, 1.165) is 55.3 Å². The van der Waals surface area contributed by atoms with Gasteiger partial charge in [-0.3, -0.25) is 14.6 Å². The summed E-state index contributed by atoms with van der Waals surface area (Å²) in [5, 5.41) is 3.73. The average Bonchev–Trinajstić information content (AvgIpc) is 2.75. The Hall–Kier alpha value is -2.28. The molecule has 0 aliphatic carbocycles. The Kier molecular flexibility index (Phi) is 7.96. The van der Waals surface area contributed by atoms with Crippen molar-refractivity contribution in [3.63, 3.8) is 0 Å². The fraction of sp³-hybridized carbons (Fsp3) is 0.435. The first-order valence-corrected chi connectivity index (χ1v) is 10.6. The van der Waals surface area contributed by atoms with E-state index in [2.05, 4.69) is 15.1 Å². The summed E-state index contributed by atoms with van der Waals surface area (Å²) in [6, 6.07) is 13.4. The number of methoxy groups -OCH3 is 2.